The Labute approximate surface area is 203 Å². The largest absolute Gasteiger partial charge is 0.496 e. The number of methoxy groups -OCH3 is 1. The van der Waals surface area contributed by atoms with Crippen LogP contribution in [0.25, 0.3) is 11.3 Å². The van der Waals surface area contributed by atoms with Gasteiger partial charge in [0.2, 0.25) is 0 Å². The minimum Gasteiger partial charge on any atom is -0.496 e. The van der Waals surface area contributed by atoms with Gasteiger partial charge in [-0.1, -0.05) is 6.07 Å². The number of amides is 1. The first-order chi connectivity index (χ1) is 17.0. The molecule has 7 nitrogen and oxygen atoms in total. The summed E-state index contributed by atoms with van der Waals surface area (Å²) < 4.78 is 20.3. The molecule has 1 amide bonds. The summed E-state index contributed by atoms with van der Waals surface area (Å²) in [5.41, 5.74) is 2.95. The maximum absolute atomic E-state index is 14.9. The summed E-state index contributed by atoms with van der Waals surface area (Å²) in [5.74, 6) is 1.32. The van der Waals surface area contributed by atoms with Crippen LogP contribution in [0.1, 0.15) is 40.7 Å². The maximum Gasteiger partial charge on any atom is 0.260 e. The predicted molar refractivity (Wildman–Crippen MR) is 132 cm³/mol. The summed E-state index contributed by atoms with van der Waals surface area (Å²) >= 11 is 0. The zero-order chi connectivity index (χ0) is 24.1. The van der Waals surface area contributed by atoms with Crippen LogP contribution in [0.15, 0.2) is 42.6 Å². The number of benzene rings is 1. The molecule has 35 heavy (non-hydrogen) atoms. The fourth-order valence-corrected chi connectivity index (χ4v) is 5.78. The van der Waals surface area contributed by atoms with Crippen LogP contribution < -0.4 is 19.9 Å². The first-order valence-electron chi connectivity index (χ1n) is 12.2. The van der Waals surface area contributed by atoms with E-state index in [2.05, 4.69) is 21.3 Å². The van der Waals surface area contributed by atoms with Crippen LogP contribution in [0.4, 0.5) is 16.0 Å². The SMILES string of the molecule is COc1cccc(F)c1-c1nccc2c1CN(c1cc(C)cc(N3CC[C@H]4NCCC[C@H]43)n1)C2=O. The molecule has 0 unspecified atom stereocenters. The normalized spacial score (nSPS) is 21.3. The number of nitrogens with zero attached hydrogens (tertiary/aromatic N) is 4. The molecule has 1 N–H and O–H groups in total. The number of carbonyl (C=O) groups excluding carboxylic acids is 1. The number of pyridine rings is 2. The van der Waals surface area contributed by atoms with Crippen molar-refractivity contribution in [2.45, 2.75) is 44.8 Å². The van der Waals surface area contributed by atoms with Crippen molar-refractivity contribution in [3.63, 3.8) is 0 Å². The van der Waals surface area contributed by atoms with Crippen LogP contribution in [0.2, 0.25) is 0 Å². The van der Waals surface area contributed by atoms with Crippen molar-refractivity contribution in [2.24, 2.45) is 0 Å². The van der Waals surface area contributed by atoms with E-state index in [0.29, 0.717) is 40.5 Å². The van der Waals surface area contributed by atoms with Crippen LogP contribution >= 0.6 is 0 Å². The molecule has 0 aliphatic carbocycles. The topological polar surface area (TPSA) is 70.6 Å². The third kappa shape index (κ3) is 3.63. The number of hydrogen-bond acceptors (Lipinski definition) is 6. The van der Waals surface area contributed by atoms with E-state index < -0.39 is 5.82 Å². The molecule has 2 aromatic heterocycles. The smallest absolute Gasteiger partial charge is 0.260 e. The molecule has 180 valence electrons. The lowest BCUT2D eigenvalue weighted by Crippen LogP contribution is -2.47. The van der Waals surface area contributed by atoms with Crippen molar-refractivity contribution in [3.8, 4) is 17.0 Å². The van der Waals surface area contributed by atoms with Crippen LogP contribution in [0.3, 0.4) is 0 Å². The molecule has 0 spiro atoms. The van der Waals surface area contributed by atoms with Gasteiger partial charge in [-0.25, -0.2) is 9.37 Å². The van der Waals surface area contributed by atoms with Gasteiger partial charge >= 0.3 is 0 Å². The molecule has 2 fully saturated rings. The highest BCUT2D eigenvalue weighted by molar-refractivity contribution is 6.10. The van der Waals surface area contributed by atoms with Crippen molar-refractivity contribution >= 4 is 17.5 Å². The Kier molecular flexibility index (Phi) is 5.40. The fraction of sp³-hybridized carbons (Fsp3) is 0.370. The molecule has 3 aliphatic rings. The Hall–Kier alpha value is -3.52. The molecule has 1 aromatic carbocycles. The number of hydrogen-bond donors (Lipinski definition) is 1. The number of rotatable bonds is 4. The molecule has 2 saturated heterocycles. The van der Waals surface area contributed by atoms with Gasteiger partial charge in [0.05, 0.1) is 24.9 Å². The highest BCUT2D eigenvalue weighted by Gasteiger charge is 2.38. The lowest BCUT2D eigenvalue weighted by molar-refractivity contribution is 0.0996. The molecular formula is C27H28FN5O2. The van der Waals surface area contributed by atoms with E-state index >= 15 is 0 Å². The third-order valence-electron chi connectivity index (χ3n) is 7.42. The lowest BCUT2D eigenvalue weighted by atomic mass is 9.99. The Morgan fingerprint density at radius 3 is 2.89 bits per heavy atom. The Balaban J connectivity index is 1.37. The summed E-state index contributed by atoms with van der Waals surface area (Å²) in [6.07, 6.45) is 4.96. The summed E-state index contributed by atoms with van der Waals surface area (Å²) in [6.45, 7) is 4.34. The molecule has 3 aliphatic heterocycles. The van der Waals surface area contributed by atoms with E-state index in [1.165, 1.54) is 13.2 Å². The number of carbonyl (C=O) groups is 1. The molecule has 3 aromatic rings. The molecule has 5 heterocycles. The van der Waals surface area contributed by atoms with Gasteiger partial charge in [0.1, 0.15) is 23.2 Å². The number of ether oxygens (including phenoxy) is 1. The van der Waals surface area contributed by atoms with Crippen molar-refractivity contribution in [1.29, 1.82) is 0 Å². The average Bonchev–Trinajstić information content (AvgIpc) is 3.45. The molecule has 0 radical (unpaired) electrons. The van der Waals surface area contributed by atoms with Crippen molar-refractivity contribution in [2.75, 3.05) is 30.0 Å². The highest BCUT2D eigenvalue weighted by Crippen LogP contribution is 2.39. The van der Waals surface area contributed by atoms with Gasteiger partial charge in [-0.2, -0.15) is 0 Å². The van der Waals surface area contributed by atoms with Gasteiger partial charge in [0.15, 0.2) is 0 Å². The first-order valence-corrected chi connectivity index (χ1v) is 12.2. The number of nitrogens with one attached hydrogen (secondary N) is 1. The minimum atomic E-state index is -0.434. The van der Waals surface area contributed by atoms with E-state index in [1.54, 1.807) is 29.3 Å². The molecule has 0 bridgehead atoms. The Morgan fingerprint density at radius 2 is 2.03 bits per heavy atom. The summed E-state index contributed by atoms with van der Waals surface area (Å²) in [5, 5.41) is 3.64. The number of halogens is 1. The van der Waals surface area contributed by atoms with Crippen LogP contribution in [0, 0.1) is 12.7 Å². The second-order valence-electron chi connectivity index (χ2n) is 9.51. The number of anilines is 2. The Bertz CT molecular complexity index is 1310. The van der Waals surface area contributed by atoms with Gasteiger partial charge in [-0.3, -0.25) is 14.7 Å². The fourth-order valence-electron chi connectivity index (χ4n) is 5.78. The third-order valence-corrected chi connectivity index (χ3v) is 7.42. The second kappa shape index (κ2) is 8.61. The number of piperidine rings is 1. The van der Waals surface area contributed by atoms with Crippen molar-refractivity contribution < 1.29 is 13.9 Å². The number of fused-ring (bicyclic) bond motifs is 2. The van der Waals surface area contributed by atoms with Gasteiger partial charge in [-0.05, 0) is 68.6 Å². The zero-order valence-corrected chi connectivity index (χ0v) is 19.9. The van der Waals surface area contributed by atoms with Gasteiger partial charge in [0, 0.05) is 36.0 Å². The average molecular weight is 474 g/mol. The predicted octanol–water partition coefficient (Wildman–Crippen LogP) is 4.09. The maximum atomic E-state index is 14.9. The standard InChI is InChI=1S/C27H28FN5O2/c1-16-13-23(32-12-9-20-21(32)6-4-10-29-20)31-24(14-16)33-15-18-17(27(33)34)8-11-30-26(18)25-19(28)5-3-7-22(25)35-2/h3,5,7-8,11,13-14,20-21,29H,4,6,9-10,12,15H2,1-2H3/t20-,21-/m1/s1. The molecule has 0 saturated carbocycles. The van der Waals surface area contributed by atoms with Gasteiger partial charge in [0.25, 0.3) is 5.91 Å². The lowest BCUT2D eigenvalue weighted by Gasteiger charge is -2.33. The van der Waals surface area contributed by atoms with Crippen molar-refractivity contribution in [1.82, 2.24) is 15.3 Å². The first kappa shape index (κ1) is 22.0. The van der Waals surface area contributed by atoms with E-state index in [1.807, 2.05) is 13.0 Å². The van der Waals surface area contributed by atoms with E-state index in [-0.39, 0.29) is 18.0 Å². The van der Waals surface area contributed by atoms with E-state index in [9.17, 15) is 9.18 Å². The molecular weight excluding hydrogens is 445 g/mol. The minimum absolute atomic E-state index is 0.151. The van der Waals surface area contributed by atoms with Crippen LogP contribution in [0.5, 0.6) is 5.75 Å². The molecule has 2 atom stereocenters. The zero-order valence-electron chi connectivity index (χ0n) is 19.9. The second-order valence-corrected chi connectivity index (χ2v) is 9.51. The van der Waals surface area contributed by atoms with Gasteiger partial charge in [-0.15, -0.1) is 0 Å². The van der Waals surface area contributed by atoms with Crippen LogP contribution in [-0.4, -0.2) is 48.2 Å². The molecule has 8 heteroatoms. The van der Waals surface area contributed by atoms with Crippen molar-refractivity contribution in [3.05, 3.63) is 65.1 Å². The highest BCUT2D eigenvalue weighted by atomic mass is 19.1. The Morgan fingerprint density at radius 1 is 1.17 bits per heavy atom. The van der Waals surface area contributed by atoms with E-state index in [4.69, 9.17) is 9.72 Å². The summed E-state index contributed by atoms with van der Waals surface area (Å²) in [4.78, 5) is 27.0. The van der Waals surface area contributed by atoms with Crippen LogP contribution in [-0.2, 0) is 6.54 Å². The quantitative estimate of drug-likeness (QED) is 0.616. The number of aromatic nitrogens is 2. The molecule has 6 rings (SSSR count). The number of aryl methyl sites for hydroxylation is 1. The summed E-state index contributed by atoms with van der Waals surface area (Å²) in [7, 11) is 1.50. The monoisotopic (exact) mass is 473 g/mol. The van der Waals surface area contributed by atoms with E-state index in [0.717, 1.165) is 43.7 Å². The summed E-state index contributed by atoms with van der Waals surface area (Å²) in [6, 6.07) is 11.4. The van der Waals surface area contributed by atoms with Gasteiger partial charge < -0.3 is 15.0 Å².